The Morgan fingerprint density at radius 1 is 1.41 bits per heavy atom. The van der Waals surface area contributed by atoms with Gasteiger partial charge in [0.25, 0.3) is 0 Å². The summed E-state index contributed by atoms with van der Waals surface area (Å²) in [6, 6.07) is 5.28. The van der Waals surface area contributed by atoms with Gasteiger partial charge in [0.05, 0.1) is 24.8 Å². The van der Waals surface area contributed by atoms with Crippen LogP contribution in [0.1, 0.15) is 18.7 Å². The van der Waals surface area contributed by atoms with Crippen molar-refractivity contribution in [2.75, 3.05) is 13.1 Å². The summed E-state index contributed by atoms with van der Waals surface area (Å²) in [5.41, 5.74) is 5.87. The summed E-state index contributed by atoms with van der Waals surface area (Å²) in [5, 5.41) is 5.11. The third-order valence-electron chi connectivity index (χ3n) is 2.14. The highest BCUT2D eigenvalue weighted by Crippen LogP contribution is 2.06. The largest absolute Gasteiger partial charge is 0.346 e. The van der Waals surface area contributed by atoms with Gasteiger partial charge in [-0.3, -0.25) is 14.6 Å². The van der Waals surface area contributed by atoms with Crippen LogP contribution in [0.4, 0.5) is 0 Å². The van der Waals surface area contributed by atoms with Crippen molar-refractivity contribution in [3.05, 3.63) is 30.1 Å². The molecule has 17 heavy (non-hydrogen) atoms. The molecule has 2 amide bonds. The maximum absolute atomic E-state index is 11.5. The average Bonchev–Trinajstić information content (AvgIpc) is 2.36. The van der Waals surface area contributed by atoms with Crippen molar-refractivity contribution in [1.82, 2.24) is 15.6 Å². The molecule has 6 heteroatoms. The first kappa shape index (κ1) is 13.1. The van der Waals surface area contributed by atoms with Crippen LogP contribution < -0.4 is 16.4 Å². The van der Waals surface area contributed by atoms with E-state index in [-0.39, 0.29) is 30.9 Å². The smallest absolute Gasteiger partial charge is 0.239 e. The summed E-state index contributed by atoms with van der Waals surface area (Å²) >= 11 is 0. The lowest BCUT2D eigenvalue weighted by atomic mass is 10.2. The monoisotopic (exact) mass is 236 g/mol. The number of pyridine rings is 1. The van der Waals surface area contributed by atoms with E-state index in [2.05, 4.69) is 15.6 Å². The standard InChI is InChI=1S/C11H16N4O2/c1-8(9-4-2-3-5-13-9)15-11(17)7-14-10(16)6-12/h2-5,8H,6-7,12H2,1H3,(H,14,16)(H,15,17)/t8-/m1/s1. The lowest BCUT2D eigenvalue weighted by molar-refractivity contribution is -0.125. The summed E-state index contributed by atoms with van der Waals surface area (Å²) in [6.07, 6.45) is 1.66. The number of carbonyl (C=O) groups is 2. The summed E-state index contributed by atoms with van der Waals surface area (Å²) < 4.78 is 0. The van der Waals surface area contributed by atoms with Gasteiger partial charge >= 0.3 is 0 Å². The zero-order valence-corrected chi connectivity index (χ0v) is 9.64. The van der Waals surface area contributed by atoms with Gasteiger partial charge in [0.1, 0.15) is 0 Å². The fourth-order valence-electron chi connectivity index (χ4n) is 1.25. The van der Waals surface area contributed by atoms with E-state index in [0.717, 1.165) is 5.69 Å². The molecule has 0 fully saturated rings. The van der Waals surface area contributed by atoms with Crippen LogP contribution in [0.25, 0.3) is 0 Å². The summed E-state index contributed by atoms with van der Waals surface area (Å²) in [5.74, 6) is -0.629. The van der Waals surface area contributed by atoms with Crippen LogP contribution in [0.15, 0.2) is 24.4 Å². The number of rotatable bonds is 5. The molecular weight excluding hydrogens is 220 g/mol. The molecule has 0 spiro atoms. The van der Waals surface area contributed by atoms with Crippen LogP contribution in [0, 0.1) is 0 Å². The quantitative estimate of drug-likeness (QED) is 0.632. The van der Waals surface area contributed by atoms with Gasteiger partial charge in [-0.2, -0.15) is 0 Å². The van der Waals surface area contributed by atoms with Gasteiger partial charge in [-0.25, -0.2) is 0 Å². The number of hydrogen-bond donors (Lipinski definition) is 3. The Morgan fingerprint density at radius 2 is 2.18 bits per heavy atom. The number of nitrogens with two attached hydrogens (primary N) is 1. The Morgan fingerprint density at radius 3 is 2.76 bits per heavy atom. The Hall–Kier alpha value is -1.95. The Kier molecular flexibility index (Phi) is 5.09. The summed E-state index contributed by atoms with van der Waals surface area (Å²) in [6.45, 7) is 1.63. The molecule has 0 bridgehead atoms. The number of nitrogens with one attached hydrogen (secondary N) is 2. The second-order valence-corrected chi connectivity index (χ2v) is 3.52. The van der Waals surface area contributed by atoms with Gasteiger partial charge in [-0.05, 0) is 19.1 Å². The van der Waals surface area contributed by atoms with E-state index < -0.39 is 0 Å². The highest BCUT2D eigenvalue weighted by molar-refractivity contribution is 5.85. The molecule has 0 aromatic carbocycles. The fourth-order valence-corrected chi connectivity index (χ4v) is 1.25. The van der Waals surface area contributed by atoms with E-state index >= 15 is 0 Å². The van der Waals surface area contributed by atoms with Gasteiger partial charge in [-0.1, -0.05) is 6.07 Å². The molecule has 6 nitrogen and oxygen atoms in total. The van der Waals surface area contributed by atoms with E-state index in [1.807, 2.05) is 19.1 Å². The second kappa shape index (κ2) is 6.59. The van der Waals surface area contributed by atoms with Crippen molar-refractivity contribution >= 4 is 11.8 Å². The molecule has 0 aliphatic rings. The van der Waals surface area contributed by atoms with Crippen LogP contribution in [-0.2, 0) is 9.59 Å². The molecule has 92 valence electrons. The summed E-state index contributed by atoms with van der Waals surface area (Å²) in [4.78, 5) is 26.4. The maximum Gasteiger partial charge on any atom is 0.239 e. The van der Waals surface area contributed by atoms with Crippen molar-refractivity contribution in [3.8, 4) is 0 Å². The zero-order chi connectivity index (χ0) is 12.7. The van der Waals surface area contributed by atoms with Crippen LogP contribution in [0.5, 0.6) is 0 Å². The molecule has 1 aromatic rings. The maximum atomic E-state index is 11.5. The van der Waals surface area contributed by atoms with Crippen molar-refractivity contribution < 1.29 is 9.59 Å². The third-order valence-corrected chi connectivity index (χ3v) is 2.14. The number of hydrogen-bond acceptors (Lipinski definition) is 4. The number of amides is 2. The molecule has 1 rings (SSSR count). The van der Waals surface area contributed by atoms with Crippen LogP contribution in [0.2, 0.25) is 0 Å². The van der Waals surface area contributed by atoms with E-state index in [0.29, 0.717) is 0 Å². The molecular formula is C11H16N4O2. The minimum absolute atomic E-state index is 0.0762. The predicted molar refractivity (Wildman–Crippen MR) is 62.9 cm³/mol. The molecule has 0 aliphatic carbocycles. The van der Waals surface area contributed by atoms with Crippen LogP contribution >= 0.6 is 0 Å². The molecule has 4 N–H and O–H groups in total. The van der Waals surface area contributed by atoms with Gasteiger partial charge < -0.3 is 16.4 Å². The Balaban J connectivity index is 2.39. The first-order chi connectivity index (χ1) is 8.13. The SMILES string of the molecule is C[C@@H](NC(=O)CNC(=O)CN)c1ccccn1. The normalized spacial score (nSPS) is 11.6. The lowest BCUT2D eigenvalue weighted by Gasteiger charge is -2.13. The summed E-state index contributed by atoms with van der Waals surface area (Å²) in [7, 11) is 0. The minimum atomic E-state index is -0.356. The van der Waals surface area contributed by atoms with E-state index in [9.17, 15) is 9.59 Å². The van der Waals surface area contributed by atoms with Crippen molar-refractivity contribution in [2.45, 2.75) is 13.0 Å². The number of nitrogens with zero attached hydrogens (tertiary/aromatic N) is 1. The molecule has 0 unspecified atom stereocenters. The van der Waals surface area contributed by atoms with Crippen molar-refractivity contribution in [1.29, 1.82) is 0 Å². The minimum Gasteiger partial charge on any atom is -0.346 e. The van der Waals surface area contributed by atoms with Crippen molar-refractivity contribution in [3.63, 3.8) is 0 Å². The first-order valence-corrected chi connectivity index (χ1v) is 5.30. The Labute approximate surface area is 99.6 Å². The molecule has 1 heterocycles. The molecule has 0 saturated carbocycles. The first-order valence-electron chi connectivity index (χ1n) is 5.30. The lowest BCUT2D eigenvalue weighted by Crippen LogP contribution is -2.40. The molecule has 1 aromatic heterocycles. The molecule has 0 aliphatic heterocycles. The van der Waals surface area contributed by atoms with E-state index in [1.54, 1.807) is 12.3 Å². The highest BCUT2D eigenvalue weighted by atomic mass is 16.2. The van der Waals surface area contributed by atoms with Gasteiger partial charge in [0, 0.05) is 6.20 Å². The second-order valence-electron chi connectivity index (χ2n) is 3.52. The molecule has 0 radical (unpaired) electrons. The van der Waals surface area contributed by atoms with Crippen molar-refractivity contribution in [2.24, 2.45) is 5.73 Å². The molecule has 0 saturated heterocycles. The van der Waals surface area contributed by atoms with Crippen LogP contribution in [0.3, 0.4) is 0 Å². The highest BCUT2D eigenvalue weighted by Gasteiger charge is 2.10. The average molecular weight is 236 g/mol. The van der Waals surface area contributed by atoms with Crippen LogP contribution in [-0.4, -0.2) is 29.9 Å². The van der Waals surface area contributed by atoms with E-state index in [1.165, 1.54) is 0 Å². The topological polar surface area (TPSA) is 97.1 Å². The number of aromatic nitrogens is 1. The number of carbonyl (C=O) groups excluding carboxylic acids is 2. The third kappa shape index (κ3) is 4.60. The van der Waals surface area contributed by atoms with E-state index in [4.69, 9.17) is 5.73 Å². The fraction of sp³-hybridized carbons (Fsp3) is 0.364. The predicted octanol–water partition coefficient (Wildman–Crippen LogP) is -0.666. The zero-order valence-electron chi connectivity index (χ0n) is 9.64. The van der Waals surface area contributed by atoms with Gasteiger partial charge in [0.2, 0.25) is 11.8 Å². The molecule has 1 atom stereocenters. The Bertz CT molecular complexity index is 380. The van der Waals surface area contributed by atoms with Gasteiger partial charge in [0.15, 0.2) is 0 Å². The van der Waals surface area contributed by atoms with Gasteiger partial charge in [-0.15, -0.1) is 0 Å².